The molecule has 0 aromatic heterocycles. The predicted molar refractivity (Wildman–Crippen MR) is 56.8 cm³/mol. The summed E-state index contributed by atoms with van der Waals surface area (Å²) in [7, 11) is 1.68. The van der Waals surface area contributed by atoms with Crippen LogP contribution in [0, 0.1) is 12.8 Å². The lowest BCUT2D eigenvalue weighted by molar-refractivity contribution is 0.0536. The Hall–Kier alpha value is -0.860. The van der Waals surface area contributed by atoms with Crippen molar-refractivity contribution in [3.8, 4) is 0 Å². The van der Waals surface area contributed by atoms with E-state index in [2.05, 4.69) is 36.7 Å². The van der Waals surface area contributed by atoms with Crippen LogP contribution in [0.15, 0.2) is 24.3 Å². The van der Waals surface area contributed by atoms with Crippen molar-refractivity contribution in [2.45, 2.75) is 25.8 Å². The molecule has 0 heterocycles. The Morgan fingerprint density at radius 2 is 1.93 bits per heavy atom. The first kappa shape index (κ1) is 9.69. The lowest BCUT2D eigenvalue weighted by Crippen LogP contribution is -2.21. The highest BCUT2D eigenvalue weighted by molar-refractivity contribution is 5.25. The van der Waals surface area contributed by atoms with Gasteiger partial charge in [0.15, 0.2) is 0 Å². The minimum absolute atomic E-state index is 0.376. The number of hydrogen-bond acceptors (Lipinski definition) is 2. The van der Waals surface area contributed by atoms with Crippen molar-refractivity contribution in [3.05, 3.63) is 35.4 Å². The van der Waals surface area contributed by atoms with E-state index in [0.29, 0.717) is 6.04 Å². The third-order valence-electron chi connectivity index (χ3n) is 2.77. The van der Waals surface area contributed by atoms with Crippen LogP contribution in [0.25, 0.3) is 0 Å². The molecule has 1 N–H and O–H groups in total. The molecule has 1 aliphatic rings. The lowest BCUT2D eigenvalue weighted by atomic mass is 10.0. The highest BCUT2D eigenvalue weighted by atomic mass is 16.6. The first-order valence-corrected chi connectivity index (χ1v) is 5.16. The summed E-state index contributed by atoms with van der Waals surface area (Å²) >= 11 is 0. The molecule has 76 valence electrons. The van der Waals surface area contributed by atoms with Crippen molar-refractivity contribution in [2.75, 3.05) is 7.11 Å². The van der Waals surface area contributed by atoms with Gasteiger partial charge >= 0.3 is 0 Å². The Morgan fingerprint density at radius 1 is 1.29 bits per heavy atom. The number of rotatable bonds is 4. The Labute approximate surface area is 85.2 Å². The summed E-state index contributed by atoms with van der Waals surface area (Å²) in [6.07, 6.45) is 2.63. The molecular weight excluding hydrogens is 174 g/mol. The van der Waals surface area contributed by atoms with Crippen LogP contribution >= 0.6 is 0 Å². The Balaban J connectivity index is 2.13. The number of benzene rings is 1. The molecule has 0 amide bonds. The molecule has 1 aromatic rings. The van der Waals surface area contributed by atoms with Crippen LogP contribution in [-0.4, -0.2) is 7.11 Å². The van der Waals surface area contributed by atoms with Crippen molar-refractivity contribution in [2.24, 2.45) is 5.92 Å². The molecule has 0 bridgehead atoms. The van der Waals surface area contributed by atoms with E-state index in [1.807, 2.05) is 0 Å². The predicted octanol–water partition coefficient (Wildman–Crippen LogP) is 2.60. The van der Waals surface area contributed by atoms with Gasteiger partial charge in [0.25, 0.3) is 0 Å². The number of hydroxylamine groups is 1. The maximum absolute atomic E-state index is 5.04. The van der Waals surface area contributed by atoms with Crippen LogP contribution in [0.5, 0.6) is 0 Å². The summed E-state index contributed by atoms with van der Waals surface area (Å²) in [6, 6.07) is 9.05. The largest absolute Gasteiger partial charge is 0.305 e. The van der Waals surface area contributed by atoms with Crippen LogP contribution in [0.1, 0.15) is 30.0 Å². The smallest absolute Gasteiger partial charge is 0.0599 e. The van der Waals surface area contributed by atoms with Gasteiger partial charge in [0.1, 0.15) is 0 Å². The molecule has 14 heavy (non-hydrogen) atoms. The molecule has 0 radical (unpaired) electrons. The van der Waals surface area contributed by atoms with Crippen LogP contribution in [0.2, 0.25) is 0 Å². The van der Waals surface area contributed by atoms with Gasteiger partial charge in [0.2, 0.25) is 0 Å². The molecule has 1 aromatic carbocycles. The second-order valence-corrected chi connectivity index (χ2v) is 4.05. The molecule has 1 unspecified atom stereocenters. The van der Waals surface area contributed by atoms with Crippen LogP contribution in [0.3, 0.4) is 0 Å². The summed E-state index contributed by atoms with van der Waals surface area (Å²) in [6.45, 7) is 2.11. The molecule has 2 heteroatoms. The molecular formula is C12H17NO. The van der Waals surface area contributed by atoms with Gasteiger partial charge in [-0.1, -0.05) is 29.8 Å². The quantitative estimate of drug-likeness (QED) is 0.739. The number of nitrogens with one attached hydrogen (secondary N) is 1. The van der Waals surface area contributed by atoms with Crippen molar-refractivity contribution in [3.63, 3.8) is 0 Å². The number of aryl methyl sites for hydroxylation is 1. The van der Waals surface area contributed by atoms with Gasteiger partial charge in [0, 0.05) is 0 Å². The molecule has 1 fully saturated rings. The summed E-state index contributed by atoms with van der Waals surface area (Å²) in [5.74, 6) is 0.762. The SMILES string of the molecule is CONC(c1ccc(C)cc1)C1CC1. The zero-order valence-corrected chi connectivity index (χ0v) is 8.79. The lowest BCUT2D eigenvalue weighted by Gasteiger charge is -2.16. The fraction of sp³-hybridized carbons (Fsp3) is 0.500. The first-order valence-electron chi connectivity index (χ1n) is 5.16. The topological polar surface area (TPSA) is 21.3 Å². The maximum Gasteiger partial charge on any atom is 0.0599 e. The number of hydrogen-bond donors (Lipinski definition) is 1. The van der Waals surface area contributed by atoms with Crippen LogP contribution < -0.4 is 5.48 Å². The first-order chi connectivity index (χ1) is 6.81. The zero-order valence-electron chi connectivity index (χ0n) is 8.79. The van der Waals surface area contributed by atoms with Crippen molar-refractivity contribution >= 4 is 0 Å². The van der Waals surface area contributed by atoms with E-state index in [1.165, 1.54) is 24.0 Å². The van der Waals surface area contributed by atoms with Crippen LogP contribution in [-0.2, 0) is 4.84 Å². The molecule has 0 spiro atoms. The third-order valence-corrected chi connectivity index (χ3v) is 2.77. The van der Waals surface area contributed by atoms with E-state index in [0.717, 1.165) is 5.92 Å². The van der Waals surface area contributed by atoms with Crippen molar-refractivity contribution < 1.29 is 4.84 Å². The average molecular weight is 191 g/mol. The summed E-state index contributed by atoms with van der Waals surface area (Å²) < 4.78 is 0. The van der Waals surface area contributed by atoms with E-state index in [1.54, 1.807) is 7.11 Å². The highest BCUT2D eigenvalue weighted by Gasteiger charge is 2.32. The normalized spacial score (nSPS) is 18.1. The minimum atomic E-state index is 0.376. The fourth-order valence-corrected chi connectivity index (χ4v) is 1.77. The van der Waals surface area contributed by atoms with Gasteiger partial charge in [-0.25, -0.2) is 0 Å². The molecule has 1 saturated carbocycles. The second-order valence-electron chi connectivity index (χ2n) is 4.05. The molecule has 1 aliphatic carbocycles. The maximum atomic E-state index is 5.04. The summed E-state index contributed by atoms with van der Waals surface area (Å²) in [5, 5.41) is 0. The Morgan fingerprint density at radius 3 is 2.43 bits per heavy atom. The Bertz CT molecular complexity index is 290. The molecule has 2 rings (SSSR count). The summed E-state index contributed by atoms with van der Waals surface area (Å²) in [4.78, 5) is 5.04. The van der Waals surface area contributed by atoms with Crippen molar-refractivity contribution in [1.82, 2.24) is 5.48 Å². The van der Waals surface area contributed by atoms with Gasteiger partial charge in [-0.05, 0) is 31.2 Å². The van der Waals surface area contributed by atoms with Gasteiger partial charge in [-0.3, -0.25) is 0 Å². The van der Waals surface area contributed by atoms with Crippen LogP contribution in [0.4, 0.5) is 0 Å². The van der Waals surface area contributed by atoms with Gasteiger partial charge in [0.05, 0.1) is 13.2 Å². The fourth-order valence-electron chi connectivity index (χ4n) is 1.77. The Kier molecular flexibility index (Phi) is 2.85. The van der Waals surface area contributed by atoms with E-state index in [9.17, 15) is 0 Å². The van der Waals surface area contributed by atoms with Gasteiger partial charge in [-0.15, -0.1) is 0 Å². The minimum Gasteiger partial charge on any atom is -0.305 e. The van der Waals surface area contributed by atoms with E-state index in [-0.39, 0.29) is 0 Å². The van der Waals surface area contributed by atoms with E-state index >= 15 is 0 Å². The van der Waals surface area contributed by atoms with E-state index in [4.69, 9.17) is 4.84 Å². The molecule has 0 aliphatic heterocycles. The average Bonchev–Trinajstić information content (AvgIpc) is 2.99. The summed E-state index contributed by atoms with van der Waals surface area (Å²) in [5.41, 5.74) is 5.72. The standard InChI is InChI=1S/C12H17NO/c1-9-3-5-10(6-4-9)12(13-14-2)11-7-8-11/h3-6,11-13H,7-8H2,1-2H3. The zero-order chi connectivity index (χ0) is 9.97. The van der Waals surface area contributed by atoms with E-state index < -0.39 is 0 Å². The monoisotopic (exact) mass is 191 g/mol. The molecule has 2 nitrogen and oxygen atoms in total. The highest BCUT2D eigenvalue weighted by Crippen LogP contribution is 2.40. The second kappa shape index (κ2) is 4.11. The molecule has 1 atom stereocenters. The molecule has 0 saturated heterocycles. The van der Waals surface area contributed by atoms with Crippen molar-refractivity contribution in [1.29, 1.82) is 0 Å². The van der Waals surface area contributed by atoms with Gasteiger partial charge in [-0.2, -0.15) is 5.48 Å². The van der Waals surface area contributed by atoms with Gasteiger partial charge < -0.3 is 4.84 Å². The third kappa shape index (κ3) is 2.14.